The Kier molecular flexibility index (Phi) is 9.55. The van der Waals surface area contributed by atoms with E-state index in [-0.39, 0.29) is 6.54 Å². The number of hydrogen-bond acceptors (Lipinski definition) is 4. The average Bonchev–Trinajstić information content (AvgIpc) is 2.76. The van der Waals surface area contributed by atoms with E-state index in [0.29, 0.717) is 16.3 Å². The van der Waals surface area contributed by atoms with Gasteiger partial charge in [0, 0.05) is 5.54 Å². The van der Waals surface area contributed by atoms with E-state index in [9.17, 15) is 14.4 Å². The summed E-state index contributed by atoms with van der Waals surface area (Å²) in [5, 5.41) is 5.86. The molecule has 2 aromatic rings. The van der Waals surface area contributed by atoms with E-state index >= 15 is 0 Å². The van der Waals surface area contributed by atoms with Crippen molar-refractivity contribution in [2.45, 2.75) is 79.0 Å². The molecule has 1 unspecified atom stereocenters. The third-order valence-electron chi connectivity index (χ3n) is 5.45. The van der Waals surface area contributed by atoms with Gasteiger partial charge >= 0.3 is 6.09 Å². The van der Waals surface area contributed by atoms with Crippen molar-refractivity contribution in [2.24, 2.45) is 0 Å². The second kappa shape index (κ2) is 11.8. The maximum Gasteiger partial charge on any atom is 0.408 e. The molecule has 8 heteroatoms. The van der Waals surface area contributed by atoms with Crippen LogP contribution in [0.5, 0.6) is 0 Å². The van der Waals surface area contributed by atoms with Gasteiger partial charge in [-0.15, -0.1) is 0 Å². The zero-order chi connectivity index (χ0) is 27.3. The molecule has 0 bridgehead atoms. The van der Waals surface area contributed by atoms with Gasteiger partial charge < -0.3 is 20.3 Å². The van der Waals surface area contributed by atoms with E-state index in [1.165, 1.54) is 4.90 Å². The minimum Gasteiger partial charge on any atom is -0.444 e. The predicted molar refractivity (Wildman–Crippen MR) is 144 cm³/mol. The van der Waals surface area contributed by atoms with Gasteiger partial charge in [-0.1, -0.05) is 54.9 Å². The van der Waals surface area contributed by atoms with Crippen molar-refractivity contribution in [3.8, 4) is 0 Å². The molecule has 0 aliphatic rings. The van der Waals surface area contributed by atoms with Gasteiger partial charge in [0.1, 0.15) is 18.2 Å². The van der Waals surface area contributed by atoms with Crippen molar-refractivity contribution in [1.82, 2.24) is 10.2 Å². The number of hydrogen-bond donors (Lipinski definition) is 2. The smallest absolute Gasteiger partial charge is 0.408 e. The third kappa shape index (κ3) is 7.98. The first-order valence-electron chi connectivity index (χ1n) is 12.1. The number of amides is 3. The molecule has 0 aromatic heterocycles. The highest BCUT2D eigenvalue weighted by Gasteiger charge is 2.39. The Morgan fingerprint density at radius 2 is 1.61 bits per heavy atom. The first kappa shape index (κ1) is 29.2. The largest absolute Gasteiger partial charge is 0.444 e. The lowest BCUT2D eigenvalue weighted by molar-refractivity contribution is -0.144. The van der Waals surface area contributed by atoms with Crippen LogP contribution in [0.3, 0.4) is 0 Å². The van der Waals surface area contributed by atoms with Gasteiger partial charge in [-0.2, -0.15) is 0 Å². The van der Waals surface area contributed by atoms with E-state index in [4.69, 9.17) is 16.3 Å². The zero-order valence-corrected chi connectivity index (χ0v) is 23.2. The van der Waals surface area contributed by atoms with Gasteiger partial charge in [0.05, 0.1) is 10.7 Å². The Hall–Kier alpha value is -3.06. The summed E-state index contributed by atoms with van der Waals surface area (Å²) in [6, 6.07) is 12.0. The molecule has 0 saturated heterocycles. The second-order valence-corrected chi connectivity index (χ2v) is 11.1. The molecule has 1 atom stereocenters. The number of nitrogens with one attached hydrogen (secondary N) is 2. The van der Waals surface area contributed by atoms with Crippen LogP contribution in [0.25, 0.3) is 0 Å². The number of halogens is 1. The molecule has 0 aliphatic heterocycles. The van der Waals surface area contributed by atoms with Crippen LogP contribution in [0, 0.1) is 6.92 Å². The fourth-order valence-electron chi connectivity index (χ4n) is 3.79. The lowest BCUT2D eigenvalue weighted by Gasteiger charge is -2.41. The quantitative estimate of drug-likeness (QED) is 0.470. The van der Waals surface area contributed by atoms with Gasteiger partial charge in [0.2, 0.25) is 5.91 Å². The number of anilines is 1. The molecule has 3 amide bonds. The normalized spacial score (nSPS) is 12.5. The minimum absolute atomic E-state index is 0.325. The van der Waals surface area contributed by atoms with Crippen molar-refractivity contribution < 1.29 is 19.1 Å². The Morgan fingerprint density at radius 3 is 2.11 bits per heavy atom. The molecule has 0 spiro atoms. The van der Waals surface area contributed by atoms with Crippen LogP contribution in [0.2, 0.25) is 5.02 Å². The van der Waals surface area contributed by atoms with Crippen molar-refractivity contribution in [1.29, 1.82) is 0 Å². The number of carbonyl (C=O) groups excluding carboxylic acids is 3. The van der Waals surface area contributed by atoms with Crippen LogP contribution in [0.1, 0.15) is 71.2 Å². The molecule has 0 saturated carbocycles. The Labute approximate surface area is 219 Å². The number of para-hydroxylation sites is 1. The highest BCUT2D eigenvalue weighted by atomic mass is 35.5. The van der Waals surface area contributed by atoms with E-state index in [0.717, 1.165) is 17.5 Å². The van der Waals surface area contributed by atoms with E-state index in [1.807, 2.05) is 71.0 Å². The van der Waals surface area contributed by atoms with Crippen molar-refractivity contribution in [2.75, 3.05) is 11.9 Å². The first-order valence-corrected chi connectivity index (χ1v) is 12.5. The summed E-state index contributed by atoms with van der Waals surface area (Å²) in [5.41, 5.74) is 1.60. The minimum atomic E-state index is -0.973. The van der Waals surface area contributed by atoms with Gasteiger partial charge in [-0.25, -0.2) is 4.79 Å². The van der Waals surface area contributed by atoms with Gasteiger partial charge in [0.15, 0.2) is 0 Å². The molecular formula is C28H38ClN3O4. The van der Waals surface area contributed by atoms with Gasteiger partial charge in [0.25, 0.3) is 5.91 Å². The number of aryl methyl sites for hydroxylation is 2. The first-order chi connectivity index (χ1) is 16.6. The summed E-state index contributed by atoms with van der Waals surface area (Å²) in [6.45, 7) is 14.3. The molecular weight excluding hydrogens is 478 g/mol. The SMILES string of the molecule is CCc1ccc(C(C(=O)Nc2c(C)cccc2Cl)N(C(=O)CNC(=O)OC(C)(C)C)C(C)(C)C)cc1. The number of nitrogens with zero attached hydrogens (tertiary/aromatic N) is 1. The monoisotopic (exact) mass is 515 g/mol. The number of alkyl carbamates (subject to hydrolysis) is 1. The van der Waals surface area contributed by atoms with Crippen LogP contribution >= 0.6 is 11.6 Å². The number of rotatable bonds is 7. The predicted octanol–water partition coefficient (Wildman–Crippen LogP) is 6.04. The Bertz CT molecular complexity index is 1070. The second-order valence-electron chi connectivity index (χ2n) is 10.7. The fraction of sp³-hybridized carbons (Fsp3) is 0.464. The van der Waals surface area contributed by atoms with Crippen LogP contribution in [-0.2, 0) is 20.7 Å². The van der Waals surface area contributed by atoms with Gasteiger partial charge in [-0.05, 0) is 77.6 Å². The van der Waals surface area contributed by atoms with Crippen molar-refractivity contribution >= 4 is 35.2 Å². The summed E-state index contributed by atoms with van der Waals surface area (Å²) >= 11 is 6.38. The summed E-state index contributed by atoms with van der Waals surface area (Å²) < 4.78 is 5.26. The molecule has 0 fully saturated rings. The highest BCUT2D eigenvalue weighted by molar-refractivity contribution is 6.34. The lowest BCUT2D eigenvalue weighted by atomic mass is 9.95. The molecule has 0 aliphatic carbocycles. The van der Waals surface area contributed by atoms with Crippen molar-refractivity contribution in [3.63, 3.8) is 0 Å². The molecule has 2 aromatic carbocycles. The third-order valence-corrected chi connectivity index (χ3v) is 5.77. The summed E-state index contributed by atoms with van der Waals surface area (Å²) in [6.07, 6.45) is 0.141. The van der Waals surface area contributed by atoms with E-state index in [1.54, 1.807) is 26.8 Å². The van der Waals surface area contributed by atoms with Crippen molar-refractivity contribution in [3.05, 3.63) is 64.2 Å². The average molecular weight is 516 g/mol. The summed E-state index contributed by atoms with van der Waals surface area (Å²) in [4.78, 5) is 41.0. The molecule has 36 heavy (non-hydrogen) atoms. The number of carbonyl (C=O) groups is 3. The van der Waals surface area contributed by atoms with Crippen LogP contribution in [0.4, 0.5) is 10.5 Å². The van der Waals surface area contributed by atoms with E-state index in [2.05, 4.69) is 10.6 Å². The van der Waals surface area contributed by atoms with Crippen LogP contribution in [0.15, 0.2) is 42.5 Å². The molecule has 196 valence electrons. The molecule has 2 N–H and O–H groups in total. The Balaban J connectivity index is 2.47. The summed E-state index contributed by atoms with van der Waals surface area (Å²) in [7, 11) is 0. The van der Waals surface area contributed by atoms with Crippen LogP contribution in [-0.4, -0.2) is 40.5 Å². The summed E-state index contributed by atoms with van der Waals surface area (Å²) in [5.74, 6) is -0.833. The molecule has 7 nitrogen and oxygen atoms in total. The molecule has 0 radical (unpaired) electrons. The standard InChI is InChI=1S/C28H38ClN3O4/c1-9-19-13-15-20(16-14-19)24(25(34)31-23-18(2)11-10-12-21(23)29)32(27(3,4)5)22(33)17-30-26(35)36-28(6,7)8/h10-16,24H,9,17H2,1-8H3,(H,30,35)(H,31,34). The maximum absolute atomic E-state index is 13.8. The number of ether oxygens (including phenoxy) is 1. The fourth-order valence-corrected chi connectivity index (χ4v) is 4.06. The molecule has 2 rings (SSSR count). The molecule has 0 heterocycles. The Morgan fingerprint density at radius 1 is 1.00 bits per heavy atom. The highest BCUT2D eigenvalue weighted by Crippen LogP contribution is 2.32. The number of benzene rings is 2. The topological polar surface area (TPSA) is 87.7 Å². The van der Waals surface area contributed by atoms with E-state index < -0.39 is 35.1 Å². The van der Waals surface area contributed by atoms with Gasteiger partial charge in [-0.3, -0.25) is 9.59 Å². The lowest BCUT2D eigenvalue weighted by Crippen LogP contribution is -2.54. The zero-order valence-electron chi connectivity index (χ0n) is 22.5. The van der Waals surface area contributed by atoms with Crippen LogP contribution < -0.4 is 10.6 Å². The maximum atomic E-state index is 13.8.